The minimum atomic E-state index is -0.740. The van der Waals surface area contributed by atoms with Crippen LogP contribution >= 0.6 is 11.6 Å². The van der Waals surface area contributed by atoms with E-state index in [4.69, 9.17) is 21.3 Å². The molecule has 0 aliphatic carbocycles. The predicted octanol–water partition coefficient (Wildman–Crippen LogP) is 5.68. The lowest BCUT2D eigenvalue weighted by atomic mass is 10.0. The van der Waals surface area contributed by atoms with E-state index in [0.717, 1.165) is 22.5 Å². The molecule has 5 nitrogen and oxygen atoms in total. The Hall–Kier alpha value is -3.31. The summed E-state index contributed by atoms with van der Waals surface area (Å²) in [5.74, 6) is -0.362. The normalized spacial score (nSPS) is 12.0. The first kappa shape index (κ1) is 20.0. The number of ether oxygens (including phenoxy) is 1. The highest BCUT2D eigenvalue weighted by molar-refractivity contribution is 6.30. The summed E-state index contributed by atoms with van der Waals surface area (Å²) in [7, 11) is 0. The zero-order valence-electron chi connectivity index (χ0n) is 16.8. The van der Waals surface area contributed by atoms with Crippen LogP contribution in [0.3, 0.4) is 0 Å². The molecule has 4 rings (SSSR count). The molecule has 0 aliphatic heterocycles. The van der Waals surface area contributed by atoms with Crippen molar-refractivity contribution in [1.29, 1.82) is 0 Å². The molecule has 2 aromatic heterocycles. The molecule has 1 atom stereocenters. The van der Waals surface area contributed by atoms with Gasteiger partial charge in [-0.1, -0.05) is 47.5 Å². The van der Waals surface area contributed by atoms with Crippen LogP contribution in [0.1, 0.15) is 24.2 Å². The zero-order valence-corrected chi connectivity index (χ0v) is 17.6. The van der Waals surface area contributed by atoms with E-state index in [2.05, 4.69) is 5.32 Å². The van der Waals surface area contributed by atoms with Crippen LogP contribution in [0.25, 0.3) is 16.9 Å². The second kappa shape index (κ2) is 8.59. The molecule has 152 valence electrons. The van der Waals surface area contributed by atoms with Gasteiger partial charge in [0.15, 0.2) is 6.04 Å². The van der Waals surface area contributed by atoms with Crippen molar-refractivity contribution in [2.24, 2.45) is 0 Å². The Kier molecular flexibility index (Phi) is 5.72. The first-order valence-electron chi connectivity index (χ1n) is 9.79. The molecule has 30 heavy (non-hydrogen) atoms. The number of pyridine rings is 1. The van der Waals surface area contributed by atoms with E-state index in [1.807, 2.05) is 84.3 Å². The Morgan fingerprint density at radius 3 is 2.53 bits per heavy atom. The fourth-order valence-corrected chi connectivity index (χ4v) is 3.52. The maximum absolute atomic E-state index is 13.0. The minimum absolute atomic E-state index is 0.290. The number of nitrogens with one attached hydrogen (secondary N) is 1. The molecule has 1 unspecified atom stereocenters. The van der Waals surface area contributed by atoms with Gasteiger partial charge in [0.25, 0.3) is 0 Å². The summed E-state index contributed by atoms with van der Waals surface area (Å²) in [4.78, 5) is 17.9. The average Bonchev–Trinajstić information content (AvgIpc) is 3.13. The number of imidazole rings is 1. The number of hydrogen-bond donors (Lipinski definition) is 1. The highest BCUT2D eigenvalue weighted by atomic mass is 35.5. The van der Waals surface area contributed by atoms with Gasteiger partial charge in [0.1, 0.15) is 5.65 Å². The fraction of sp³-hybridized carbons (Fsp3) is 0.167. The molecular weight excluding hydrogens is 398 g/mol. The van der Waals surface area contributed by atoms with E-state index in [0.29, 0.717) is 16.4 Å². The number of rotatable bonds is 6. The second-order valence-corrected chi connectivity index (χ2v) is 7.41. The molecule has 0 fully saturated rings. The number of esters is 1. The van der Waals surface area contributed by atoms with Gasteiger partial charge in [-0.15, -0.1) is 0 Å². The number of anilines is 1. The molecule has 0 saturated heterocycles. The predicted molar refractivity (Wildman–Crippen MR) is 120 cm³/mol. The molecule has 0 radical (unpaired) electrons. The van der Waals surface area contributed by atoms with E-state index < -0.39 is 6.04 Å². The third-order valence-corrected chi connectivity index (χ3v) is 5.09. The lowest BCUT2D eigenvalue weighted by Crippen LogP contribution is -2.25. The van der Waals surface area contributed by atoms with Crippen LogP contribution < -0.4 is 5.32 Å². The average molecular weight is 420 g/mol. The molecule has 0 bridgehead atoms. The van der Waals surface area contributed by atoms with E-state index >= 15 is 0 Å². The van der Waals surface area contributed by atoms with Gasteiger partial charge in [0.2, 0.25) is 0 Å². The van der Waals surface area contributed by atoms with Crippen LogP contribution in [-0.4, -0.2) is 22.0 Å². The first-order chi connectivity index (χ1) is 14.6. The maximum atomic E-state index is 13.0. The summed E-state index contributed by atoms with van der Waals surface area (Å²) >= 11 is 6.08. The van der Waals surface area contributed by atoms with Crippen LogP contribution in [0.2, 0.25) is 5.02 Å². The summed E-state index contributed by atoms with van der Waals surface area (Å²) < 4.78 is 7.34. The highest BCUT2D eigenvalue weighted by Crippen LogP contribution is 2.32. The van der Waals surface area contributed by atoms with Crippen LogP contribution in [0.4, 0.5) is 5.69 Å². The van der Waals surface area contributed by atoms with E-state index in [1.54, 1.807) is 6.92 Å². The SMILES string of the molecule is CCOC(=O)C(Nc1ccc(C)cc1)c1c(-c2ccc(Cl)cc2)nc2ccccn12. The third-order valence-electron chi connectivity index (χ3n) is 4.84. The molecule has 1 N–H and O–H groups in total. The number of benzene rings is 2. The standard InChI is InChI=1S/C24H22ClN3O2/c1-3-30-24(29)22(26-19-13-7-16(2)8-14-19)23-21(17-9-11-18(25)12-10-17)27-20-6-4-5-15-28(20)23/h4-15,22,26H,3H2,1-2H3. The molecule has 0 aliphatic rings. The Labute approximate surface area is 180 Å². The van der Waals surface area contributed by atoms with Crippen LogP contribution in [0.15, 0.2) is 72.9 Å². The van der Waals surface area contributed by atoms with Crippen LogP contribution in [0, 0.1) is 6.92 Å². The van der Waals surface area contributed by atoms with Crippen molar-refractivity contribution in [2.45, 2.75) is 19.9 Å². The van der Waals surface area contributed by atoms with E-state index in [1.165, 1.54) is 0 Å². The van der Waals surface area contributed by atoms with E-state index in [-0.39, 0.29) is 12.6 Å². The van der Waals surface area contributed by atoms with Crippen molar-refractivity contribution >= 4 is 28.9 Å². The lowest BCUT2D eigenvalue weighted by Gasteiger charge is -2.20. The topological polar surface area (TPSA) is 55.6 Å². The smallest absolute Gasteiger partial charge is 0.334 e. The number of carbonyl (C=O) groups excluding carboxylic acids is 1. The molecule has 6 heteroatoms. The minimum Gasteiger partial charge on any atom is -0.464 e. The molecule has 2 heterocycles. The zero-order chi connectivity index (χ0) is 21.1. The second-order valence-electron chi connectivity index (χ2n) is 6.98. The van der Waals surface area contributed by atoms with Gasteiger partial charge in [-0.25, -0.2) is 9.78 Å². The van der Waals surface area contributed by atoms with Gasteiger partial charge >= 0.3 is 5.97 Å². The number of fused-ring (bicyclic) bond motifs is 1. The summed E-state index contributed by atoms with van der Waals surface area (Å²) in [6.45, 7) is 4.11. The summed E-state index contributed by atoms with van der Waals surface area (Å²) in [5, 5.41) is 3.99. The summed E-state index contributed by atoms with van der Waals surface area (Å²) in [6, 6.07) is 20.4. The van der Waals surface area contributed by atoms with Gasteiger partial charge in [-0.2, -0.15) is 0 Å². The van der Waals surface area contributed by atoms with Crippen molar-refractivity contribution in [3.05, 3.63) is 89.2 Å². The van der Waals surface area contributed by atoms with Gasteiger partial charge in [-0.05, 0) is 50.2 Å². The first-order valence-corrected chi connectivity index (χ1v) is 10.2. The Morgan fingerprint density at radius 2 is 1.83 bits per heavy atom. The Morgan fingerprint density at radius 1 is 1.10 bits per heavy atom. The van der Waals surface area contributed by atoms with Gasteiger partial charge in [0.05, 0.1) is 18.0 Å². The molecule has 0 spiro atoms. The van der Waals surface area contributed by atoms with Gasteiger partial charge < -0.3 is 14.5 Å². The molecular formula is C24H22ClN3O2. The summed E-state index contributed by atoms with van der Waals surface area (Å²) in [6.07, 6.45) is 1.90. The number of carbonyl (C=O) groups is 1. The van der Waals surface area contributed by atoms with Gasteiger partial charge in [-0.3, -0.25) is 0 Å². The van der Waals surface area contributed by atoms with Crippen LogP contribution in [0.5, 0.6) is 0 Å². The van der Waals surface area contributed by atoms with E-state index in [9.17, 15) is 4.79 Å². The number of hydrogen-bond acceptors (Lipinski definition) is 4. The molecule has 2 aromatic carbocycles. The van der Waals surface area contributed by atoms with Crippen LogP contribution in [-0.2, 0) is 9.53 Å². The third kappa shape index (κ3) is 4.02. The quantitative estimate of drug-likeness (QED) is 0.408. The van der Waals surface area contributed by atoms with Crippen molar-refractivity contribution in [3.63, 3.8) is 0 Å². The molecule has 0 saturated carbocycles. The highest BCUT2D eigenvalue weighted by Gasteiger charge is 2.29. The number of halogens is 1. The lowest BCUT2D eigenvalue weighted by molar-refractivity contribution is -0.144. The van der Waals surface area contributed by atoms with Gasteiger partial charge in [0, 0.05) is 22.5 Å². The Balaban J connectivity index is 1.89. The van der Waals surface area contributed by atoms with Crippen molar-refractivity contribution in [3.8, 4) is 11.3 Å². The largest absolute Gasteiger partial charge is 0.464 e. The number of aromatic nitrogens is 2. The Bertz CT molecular complexity index is 1170. The van der Waals surface area contributed by atoms with Crippen molar-refractivity contribution in [1.82, 2.24) is 9.38 Å². The molecule has 0 amide bonds. The maximum Gasteiger partial charge on any atom is 0.334 e. The fourth-order valence-electron chi connectivity index (χ4n) is 3.39. The molecule has 4 aromatic rings. The van der Waals surface area contributed by atoms with Crippen molar-refractivity contribution in [2.75, 3.05) is 11.9 Å². The van der Waals surface area contributed by atoms with Crippen molar-refractivity contribution < 1.29 is 9.53 Å². The monoisotopic (exact) mass is 419 g/mol. The number of nitrogens with zero attached hydrogens (tertiary/aromatic N) is 2. The summed E-state index contributed by atoms with van der Waals surface area (Å²) in [5.41, 5.74) is 5.01. The number of aryl methyl sites for hydroxylation is 1.